The Bertz CT molecular complexity index is 1280. The predicted molar refractivity (Wildman–Crippen MR) is 128 cm³/mol. The van der Waals surface area contributed by atoms with Crippen LogP contribution in [-0.4, -0.2) is 75.7 Å². The fourth-order valence-corrected chi connectivity index (χ4v) is 5.40. The van der Waals surface area contributed by atoms with E-state index in [1.54, 1.807) is 46.2 Å². The summed E-state index contributed by atoms with van der Waals surface area (Å²) in [6.07, 6.45) is 5.19. The van der Waals surface area contributed by atoms with Crippen LogP contribution < -0.4 is 5.32 Å². The van der Waals surface area contributed by atoms with Crippen LogP contribution >= 0.6 is 11.6 Å². The number of halogens is 4. The number of carbonyl (C=O) groups is 2. The van der Waals surface area contributed by atoms with Crippen molar-refractivity contribution in [1.29, 1.82) is 0 Å². The predicted octanol–water partition coefficient (Wildman–Crippen LogP) is 3.58. The fourth-order valence-electron chi connectivity index (χ4n) is 5.17. The number of likely N-dealkylation sites (tertiary alicyclic amines) is 2. The molecule has 3 aromatic rings. The normalized spacial score (nSPS) is 22.2. The largest absolute Gasteiger partial charge is 0.350 e. The number of hydrogen-bond donors (Lipinski definition) is 1. The number of rotatable bonds is 5. The molecule has 2 fully saturated rings. The molecule has 0 spiro atoms. The van der Waals surface area contributed by atoms with E-state index in [-0.39, 0.29) is 42.9 Å². The quantitative estimate of drug-likeness (QED) is 0.559. The summed E-state index contributed by atoms with van der Waals surface area (Å²) in [6.45, 7) is 0.0556. The monoisotopic (exact) mass is 519 g/mol. The van der Waals surface area contributed by atoms with Gasteiger partial charge in [-0.05, 0) is 42.3 Å². The summed E-state index contributed by atoms with van der Waals surface area (Å²) in [5.41, 5.74) is 1.76. The molecule has 2 atom stereocenters. The van der Waals surface area contributed by atoms with Gasteiger partial charge in [-0.3, -0.25) is 14.5 Å². The van der Waals surface area contributed by atoms with Crippen LogP contribution in [0.4, 0.5) is 13.2 Å². The molecule has 0 saturated carbocycles. The van der Waals surface area contributed by atoms with Gasteiger partial charge in [-0.25, -0.2) is 18.2 Å². The Morgan fingerprint density at radius 1 is 1.22 bits per heavy atom. The maximum Gasteiger partial charge on any atom is 0.261 e. The SMILES string of the molecule is O=C(CN1CCC(F)(F)C1)N[C@@H]1CN(C(=O)c2cccn3cncc23)CC[C@H]1c1cc(F)cc(Cl)c1. The van der Waals surface area contributed by atoms with Crippen molar-refractivity contribution in [2.24, 2.45) is 0 Å². The smallest absolute Gasteiger partial charge is 0.261 e. The third-order valence-electron chi connectivity index (χ3n) is 6.86. The van der Waals surface area contributed by atoms with E-state index in [9.17, 15) is 22.8 Å². The second-order valence-electron chi connectivity index (χ2n) is 9.45. The number of pyridine rings is 1. The zero-order chi connectivity index (χ0) is 25.4. The molecule has 11 heteroatoms. The number of amides is 2. The van der Waals surface area contributed by atoms with Crippen molar-refractivity contribution in [1.82, 2.24) is 24.5 Å². The van der Waals surface area contributed by atoms with Gasteiger partial charge in [0.2, 0.25) is 5.91 Å². The molecule has 7 nitrogen and oxygen atoms in total. The molecular weight excluding hydrogens is 495 g/mol. The van der Waals surface area contributed by atoms with Crippen molar-refractivity contribution in [2.45, 2.75) is 30.7 Å². The van der Waals surface area contributed by atoms with Gasteiger partial charge in [-0.2, -0.15) is 0 Å². The highest BCUT2D eigenvalue weighted by molar-refractivity contribution is 6.30. The number of hydrogen-bond acceptors (Lipinski definition) is 4. The maximum absolute atomic E-state index is 14.1. The second-order valence-corrected chi connectivity index (χ2v) is 9.88. The van der Waals surface area contributed by atoms with E-state index < -0.39 is 30.2 Å². The van der Waals surface area contributed by atoms with Gasteiger partial charge >= 0.3 is 0 Å². The highest BCUT2D eigenvalue weighted by atomic mass is 35.5. The molecule has 1 N–H and O–H groups in total. The lowest BCUT2D eigenvalue weighted by molar-refractivity contribution is -0.123. The number of alkyl halides is 2. The Morgan fingerprint density at radius 3 is 2.81 bits per heavy atom. The summed E-state index contributed by atoms with van der Waals surface area (Å²) in [5, 5.41) is 3.16. The number of imidazole rings is 1. The zero-order valence-electron chi connectivity index (χ0n) is 19.3. The van der Waals surface area contributed by atoms with Gasteiger partial charge in [0.1, 0.15) is 5.82 Å². The number of nitrogens with zero attached hydrogens (tertiary/aromatic N) is 4. The molecule has 4 heterocycles. The van der Waals surface area contributed by atoms with E-state index in [0.717, 1.165) is 0 Å². The van der Waals surface area contributed by atoms with Gasteiger partial charge in [0, 0.05) is 43.2 Å². The van der Waals surface area contributed by atoms with Crippen LogP contribution in [0.3, 0.4) is 0 Å². The lowest BCUT2D eigenvalue weighted by Crippen LogP contribution is -2.54. The van der Waals surface area contributed by atoms with Crippen LogP contribution in [0.15, 0.2) is 49.1 Å². The van der Waals surface area contributed by atoms with Crippen LogP contribution in [0.25, 0.3) is 5.52 Å². The third kappa shape index (κ3) is 5.19. The number of nitrogens with one attached hydrogen (secondary N) is 1. The van der Waals surface area contributed by atoms with Gasteiger partial charge in [0.25, 0.3) is 11.8 Å². The minimum atomic E-state index is -2.80. The van der Waals surface area contributed by atoms with E-state index >= 15 is 0 Å². The Hall–Kier alpha value is -3.11. The van der Waals surface area contributed by atoms with Crippen LogP contribution in [0.2, 0.25) is 5.02 Å². The van der Waals surface area contributed by atoms with Crippen LogP contribution in [0.1, 0.15) is 34.7 Å². The van der Waals surface area contributed by atoms with Crippen molar-refractivity contribution in [3.63, 3.8) is 0 Å². The summed E-state index contributed by atoms with van der Waals surface area (Å²) in [7, 11) is 0. The van der Waals surface area contributed by atoms with E-state index in [4.69, 9.17) is 11.6 Å². The average Bonchev–Trinajstić information content (AvgIpc) is 3.43. The summed E-state index contributed by atoms with van der Waals surface area (Å²) in [4.78, 5) is 33.5. The van der Waals surface area contributed by atoms with Crippen LogP contribution in [0.5, 0.6) is 0 Å². The molecule has 0 radical (unpaired) electrons. The first-order chi connectivity index (χ1) is 17.2. The van der Waals surface area contributed by atoms with Crippen molar-refractivity contribution >= 4 is 28.9 Å². The fraction of sp³-hybridized carbons (Fsp3) is 0.400. The highest BCUT2D eigenvalue weighted by Gasteiger charge is 2.40. The van der Waals surface area contributed by atoms with Crippen molar-refractivity contribution in [3.05, 3.63) is 71.0 Å². The molecule has 2 saturated heterocycles. The molecule has 2 aromatic heterocycles. The van der Waals surface area contributed by atoms with Gasteiger partial charge in [-0.15, -0.1) is 0 Å². The van der Waals surface area contributed by atoms with E-state index in [1.807, 2.05) is 0 Å². The molecule has 36 heavy (non-hydrogen) atoms. The average molecular weight is 520 g/mol. The first kappa shape index (κ1) is 24.6. The Morgan fingerprint density at radius 2 is 2.06 bits per heavy atom. The summed E-state index contributed by atoms with van der Waals surface area (Å²) < 4.78 is 43.0. The second kappa shape index (κ2) is 9.74. The van der Waals surface area contributed by atoms with Crippen molar-refractivity contribution in [2.75, 3.05) is 32.7 Å². The lowest BCUT2D eigenvalue weighted by Gasteiger charge is -2.39. The van der Waals surface area contributed by atoms with Crippen molar-refractivity contribution in [3.8, 4) is 0 Å². The Labute approximate surface area is 210 Å². The first-order valence-corrected chi connectivity index (χ1v) is 12.1. The number of piperidine rings is 1. The molecule has 0 aliphatic carbocycles. The molecular formula is C25H25ClF3N5O2. The lowest BCUT2D eigenvalue weighted by atomic mass is 9.84. The van der Waals surface area contributed by atoms with Gasteiger partial charge in [-0.1, -0.05) is 11.6 Å². The van der Waals surface area contributed by atoms with Crippen molar-refractivity contribution < 1.29 is 22.8 Å². The zero-order valence-corrected chi connectivity index (χ0v) is 20.1. The standard InChI is InChI=1S/C25H25ClF3N5O2/c26-17-8-16(9-18(27)10-17)19-3-6-33(24(36)20-2-1-5-34-15-30-11-22(20)34)12-21(19)31-23(35)13-32-7-4-25(28,29)14-32/h1-2,5,8-11,15,19,21H,3-4,6-7,12-14H2,(H,31,35)/t19-,21+/m0/s1. The van der Waals surface area contributed by atoms with Crippen LogP contribution in [-0.2, 0) is 4.79 Å². The van der Waals surface area contributed by atoms with E-state index in [2.05, 4.69) is 10.3 Å². The van der Waals surface area contributed by atoms with E-state index in [1.165, 1.54) is 17.0 Å². The molecule has 2 aliphatic rings. The van der Waals surface area contributed by atoms with Gasteiger partial charge < -0.3 is 14.6 Å². The summed E-state index contributed by atoms with van der Waals surface area (Å²) >= 11 is 6.09. The molecule has 2 aliphatic heterocycles. The maximum atomic E-state index is 14.1. The number of carbonyl (C=O) groups excluding carboxylic acids is 2. The minimum Gasteiger partial charge on any atom is -0.350 e. The third-order valence-corrected chi connectivity index (χ3v) is 7.08. The molecule has 0 unspecified atom stereocenters. The Kier molecular flexibility index (Phi) is 6.65. The van der Waals surface area contributed by atoms with Crippen LogP contribution in [0, 0.1) is 5.82 Å². The van der Waals surface area contributed by atoms with Gasteiger partial charge in [0.05, 0.1) is 42.7 Å². The highest BCUT2D eigenvalue weighted by Crippen LogP contribution is 2.32. The molecule has 0 bridgehead atoms. The van der Waals surface area contributed by atoms with Gasteiger partial charge in [0.15, 0.2) is 0 Å². The number of benzene rings is 1. The summed E-state index contributed by atoms with van der Waals surface area (Å²) in [5.74, 6) is -4.23. The summed E-state index contributed by atoms with van der Waals surface area (Å²) in [6, 6.07) is 7.16. The minimum absolute atomic E-state index is 0.133. The molecule has 190 valence electrons. The first-order valence-electron chi connectivity index (χ1n) is 11.7. The molecule has 1 aromatic carbocycles. The number of fused-ring (bicyclic) bond motifs is 1. The van der Waals surface area contributed by atoms with E-state index in [0.29, 0.717) is 29.6 Å². The topological polar surface area (TPSA) is 70.0 Å². The Balaban J connectivity index is 1.37. The molecule has 5 rings (SSSR count). The number of aromatic nitrogens is 2. The molecule has 2 amide bonds.